The summed E-state index contributed by atoms with van der Waals surface area (Å²) in [4.78, 5) is 11.2. The van der Waals surface area contributed by atoms with Crippen molar-refractivity contribution in [2.45, 2.75) is 13.8 Å². The first kappa shape index (κ1) is 16.1. The van der Waals surface area contributed by atoms with Gasteiger partial charge in [0.1, 0.15) is 6.61 Å². The first-order valence-electron chi connectivity index (χ1n) is 5.92. The van der Waals surface area contributed by atoms with E-state index in [0.717, 1.165) is 0 Å². The third-order valence-electron chi connectivity index (χ3n) is 1.83. The van der Waals surface area contributed by atoms with Crippen LogP contribution in [-0.2, 0) is 19.0 Å². The molecule has 5 nitrogen and oxygen atoms in total. The van der Waals surface area contributed by atoms with Gasteiger partial charge in [0.05, 0.1) is 26.4 Å². The Morgan fingerprint density at radius 2 is 1.94 bits per heavy atom. The van der Waals surface area contributed by atoms with Crippen LogP contribution in [0.25, 0.3) is 0 Å². The highest BCUT2D eigenvalue weighted by atomic mass is 16.5. The molecule has 0 spiro atoms. The summed E-state index contributed by atoms with van der Waals surface area (Å²) in [7, 11) is 0. The molecule has 0 fully saturated rings. The first-order valence-corrected chi connectivity index (χ1v) is 5.92. The molecular formula is C12H23NO4. The smallest absolute Gasteiger partial charge is 0.246 e. The number of allylic oxidation sites excluding steroid dienone is 1. The zero-order chi connectivity index (χ0) is 12.8. The van der Waals surface area contributed by atoms with E-state index in [1.165, 1.54) is 0 Å². The fourth-order valence-electron chi connectivity index (χ4n) is 0.994. The molecule has 0 aliphatic heterocycles. The lowest BCUT2D eigenvalue weighted by Gasteiger charge is -2.06. The van der Waals surface area contributed by atoms with Gasteiger partial charge < -0.3 is 19.5 Å². The number of carbonyl (C=O) groups is 1. The summed E-state index contributed by atoms with van der Waals surface area (Å²) in [6, 6.07) is 0. The lowest BCUT2D eigenvalue weighted by molar-refractivity contribution is -0.125. The minimum absolute atomic E-state index is 0.0866. The molecule has 0 saturated carbocycles. The van der Waals surface area contributed by atoms with E-state index in [-0.39, 0.29) is 12.5 Å². The largest absolute Gasteiger partial charge is 0.379 e. The highest BCUT2D eigenvalue weighted by Crippen LogP contribution is 1.80. The van der Waals surface area contributed by atoms with Crippen LogP contribution < -0.4 is 5.32 Å². The number of ether oxygens (including phenoxy) is 3. The zero-order valence-corrected chi connectivity index (χ0v) is 10.7. The van der Waals surface area contributed by atoms with Crippen molar-refractivity contribution >= 4 is 5.91 Å². The predicted octanol–water partition coefficient (Wildman–Crippen LogP) is 0.748. The molecule has 0 aromatic carbocycles. The second-order valence-electron chi connectivity index (χ2n) is 3.24. The quantitative estimate of drug-likeness (QED) is 0.431. The van der Waals surface area contributed by atoms with Crippen molar-refractivity contribution in [3.63, 3.8) is 0 Å². The Hall–Kier alpha value is -0.910. The summed E-state index contributed by atoms with van der Waals surface area (Å²) in [6.07, 6.45) is 3.73. The van der Waals surface area contributed by atoms with Crippen LogP contribution in [0.5, 0.6) is 0 Å². The molecule has 0 radical (unpaired) electrons. The van der Waals surface area contributed by atoms with Gasteiger partial charge in [-0.15, -0.1) is 0 Å². The van der Waals surface area contributed by atoms with Crippen molar-refractivity contribution in [1.29, 1.82) is 0 Å². The van der Waals surface area contributed by atoms with E-state index >= 15 is 0 Å². The van der Waals surface area contributed by atoms with Crippen LogP contribution in [0.1, 0.15) is 13.8 Å². The Morgan fingerprint density at radius 3 is 2.65 bits per heavy atom. The molecule has 0 aliphatic rings. The molecule has 0 aliphatic carbocycles. The summed E-state index contributed by atoms with van der Waals surface area (Å²) >= 11 is 0. The van der Waals surface area contributed by atoms with Crippen LogP contribution in [0.3, 0.4) is 0 Å². The molecule has 5 heteroatoms. The molecule has 1 N–H and O–H groups in total. The SMILES string of the molecule is CC=CCOCC(=O)NCCOCCOCC. The highest BCUT2D eigenvalue weighted by molar-refractivity contribution is 5.77. The topological polar surface area (TPSA) is 56.8 Å². The van der Waals surface area contributed by atoms with Crippen molar-refractivity contribution in [2.75, 3.05) is 46.2 Å². The maximum Gasteiger partial charge on any atom is 0.246 e. The number of rotatable bonds is 11. The Balaban J connectivity index is 3.16. The van der Waals surface area contributed by atoms with E-state index < -0.39 is 0 Å². The zero-order valence-electron chi connectivity index (χ0n) is 10.7. The molecule has 0 rings (SSSR count). The summed E-state index contributed by atoms with van der Waals surface area (Å²) in [5, 5.41) is 2.70. The average Bonchev–Trinajstić information content (AvgIpc) is 2.33. The van der Waals surface area contributed by atoms with Gasteiger partial charge in [0.15, 0.2) is 0 Å². The van der Waals surface area contributed by atoms with Gasteiger partial charge in [0.25, 0.3) is 0 Å². The van der Waals surface area contributed by atoms with E-state index in [9.17, 15) is 4.79 Å². The normalized spacial score (nSPS) is 10.9. The summed E-state index contributed by atoms with van der Waals surface area (Å²) in [6.45, 7) is 7.24. The maximum absolute atomic E-state index is 11.2. The molecule has 0 bridgehead atoms. The van der Waals surface area contributed by atoms with E-state index in [2.05, 4.69) is 5.32 Å². The molecule has 17 heavy (non-hydrogen) atoms. The maximum atomic E-state index is 11.2. The molecule has 0 heterocycles. The Labute approximate surface area is 103 Å². The number of hydrogen-bond donors (Lipinski definition) is 1. The second-order valence-corrected chi connectivity index (χ2v) is 3.24. The average molecular weight is 245 g/mol. The van der Waals surface area contributed by atoms with Gasteiger partial charge in [0, 0.05) is 13.2 Å². The van der Waals surface area contributed by atoms with Crippen molar-refractivity contribution in [1.82, 2.24) is 5.32 Å². The van der Waals surface area contributed by atoms with Crippen molar-refractivity contribution in [3.8, 4) is 0 Å². The van der Waals surface area contributed by atoms with E-state index in [1.54, 1.807) is 0 Å². The third kappa shape index (κ3) is 13.0. The van der Waals surface area contributed by atoms with Crippen LogP contribution in [0.15, 0.2) is 12.2 Å². The van der Waals surface area contributed by atoms with Crippen LogP contribution in [-0.4, -0.2) is 52.1 Å². The van der Waals surface area contributed by atoms with Gasteiger partial charge in [-0.2, -0.15) is 0 Å². The monoisotopic (exact) mass is 245 g/mol. The predicted molar refractivity (Wildman–Crippen MR) is 66.0 cm³/mol. The van der Waals surface area contributed by atoms with Gasteiger partial charge >= 0.3 is 0 Å². The number of carbonyl (C=O) groups excluding carboxylic acids is 1. The van der Waals surface area contributed by atoms with Gasteiger partial charge in [-0.05, 0) is 13.8 Å². The van der Waals surface area contributed by atoms with Gasteiger partial charge in [-0.3, -0.25) is 4.79 Å². The molecule has 0 unspecified atom stereocenters. The first-order chi connectivity index (χ1) is 8.31. The highest BCUT2D eigenvalue weighted by Gasteiger charge is 1.99. The third-order valence-corrected chi connectivity index (χ3v) is 1.83. The Morgan fingerprint density at radius 1 is 1.18 bits per heavy atom. The van der Waals surface area contributed by atoms with Gasteiger partial charge in [-0.1, -0.05) is 12.2 Å². The summed E-state index contributed by atoms with van der Waals surface area (Å²) < 4.78 is 15.4. The van der Waals surface area contributed by atoms with Gasteiger partial charge in [0.2, 0.25) is 5.91 Å². The number of hydrogen-bond acceptors (Lipinski definition) is 4. The van der Waals surface area contributed by atoms with Crippen molar-refractivity contribution in [2.24, 2.45) is 0 Å². The van der Waals surface area contributed by atoms with Crippen LogP contribution >= 0.6 is 0 Å². The standard InChI is InChI=1S/C12H23NO4/c1-3-5-7-17-11-12(14)13-6-8-16-10-9-15-4-2/h3,5H,4,6-11H2,1-2H3,(H,13,14). The van der Waals surface area contributed by atoms with Crippen molar-refractivity contribution in [3.05, 3.63) is 12.2 Å². The molecule has 100 valence electrons. The lowest BCUT2D eigenvalue weighted by Crippen LogP contribution is -2.30. The van der Waals surface area contributed by atoms with E-state index in [1.807, 2.05) is 26.0 Å². The lowest BCUT2D eigenvalue weighted by atomic mass is 10.5. The molecular weight excluding hydrogens is 222 g/mol. The molecule has 1 amide bonds. The molecule has 0 saturated heterocycles. The Bertz CT molecular complexity index is 207. The second kappa shape index (κ2) is 13.2. The molecule has 0 aromatic rings. The van der Waals surface area contributed by atoms with E-state index in [0.29, 0.717) is 39.6 Å². The fourth-order valence-corrected chi connectivity index (χ4v) is 0.994. The van der Waals surface area contributed by atoms with Crippen LogP contribution in [0, 0.1) is 0 Å². The van der Waals surface area contributed by atoms with E-state index in [4.69, 9.17) is 14.2 Å². The van der Waals surface area contributed by atoms with Crippen LogP contribution in [0.4, 0.5) is 0 Å². The summed E-state index contributed by atoms with van der Waals surface area (Å²) in [5.74, 6) is -0.122. The molecule has 0 atom stereocenters. The van der Waals surface area contributed by atoms with Crippen molar-refractivity contribution < 1.29 is 19.0 Å². The summed E-state index contributed by atoms with van der Waals surface area (Å²) in [5.41, 5.74) is 0. The fraction of sp³-hybridized carbons (Fsp3) is 0.750. The van der Waals surface area contributed by atoms with Gasteiger partial charge in [-0.25, -0.2) is 0 Å². The molecule has 0 aromatic heterocycles. The minimum atomic E-state index is -0.122. The van der Waals surface area contributed by atoms with Crippen LogP contribution in [0.2, 0.25) is 0 Å². The minimum Gasteiger partial charge on any atom is -0.379 e. The Kier molecular flexibility index (Phi) is 12.5. The number of nitrogens with one attached hydrogen (secondary N) is 1. The number of amides is 1.